The zero-order valence-electron chi connectivity index (χ0n) is 9.67. The van der Waals surface area contributed by atoms with Crippen molar-refractivity contribution in [1.29, 1.82) is 0 Å². The van der Waals surface area contributed by atoms with Crippen LogP contribution in [0.4, 0.5) is 0 Å². The van der Waals surface area contributed by atoms with Gasteiger partial charge in [-0.15, -0.1) is 5.10 Å². The van der Waals surface area contributed by atoms with Crippen LogP contribution in [-0.4, -0.2) is 51.9 Å². The van der Waals surface area contributed by atoms with Gasteiger partial charge in [0.2, 0.25) is 0 Å². The first-order valence-corrected chi connectivity index (χ1v) is 5.58. The highest BCUT2D eigenvalue weighted by Crippen LogP contribution is 2.22. The van der Waals surface area contributed by atoms with E-state index in [1.807, 2.05) is 0 Å². The minimum atomic E-state index is -1.05. The summed E-state index contributed by atoms with van der Waals surface area (Å²) in [6.07, 6.45) is 3.89. The Morgan fingerprint density at radius 3 is 3.06 bits per heavy atom. The Bertz CT molecular complexity index is 387. The number of rotatable bonds is 6. The van der Waals surface area contributed by atoms with Gasteiger partial charge in [0, 0.05) is 19.7 Å². The number of aromatic nitrogens is 3. The number of carboxylic acid groups (broad SMARTS) is 1. The Hall–Kier alpha value is -1.47. The smallest absolute Gasteiger partial charge is 0.358 e. The maximum atomic E-state index is 10.6. The Morgan fingerprint density at radius 2 is 2.47 bits per heavy atom. The predicted molar refractivity (Wildman–Crippen MR) is 58.8 cm³/mol. The normalized spacial score (nSPS) is 23.4. The van der Waals surface area contributed by atoms with Gasteiger partial charge in [-0.05, 0) is 12.8 Å². The molecule has 94 valence electrons. The number of ether oxygens (including phenoxy) is 1. The van der Waals surface area contributed by atoms with Crippen molar-refractivity contribution >= 4 is 5.97 Å². The summed E-state index contributed by atoms with van der Waals surface area (Å²) in [5, 5.41) is 19.3. The van der Waals surface area contributed by atoms with Gasteiger partial charge >= 0.3 is 5.97 Å². The summed E-state index contributed by atoms with van der Waals surface area (Å²) in [6, 6.07) is 0.502. The molecule has 1 fully saturated rings. The molecule has 0 radical (unpaired) electrons. The lowest BCUT2D eigenvalue weighted by Gasteiger charge is -2.34. The van der Waals surface area contributed by atoms with Gasteiger partial charge in [0.05, 0.1) is 18.8 Å². The molecule has 0 aliphatic heterocycles. The molecule has 1 aromatic heterocycles. The van der Waals surface area contributed by atoms with Crippen molar-refractivity contribution in [2.45, 2.75) is 31.5 Å². The van der Waals surface area contributed by atoms with E-state index in [1.165, 1.54) is 10.9 Å². The monoisotopic (exact) mass is 240 g/mol. The first kappa shape index (κ1) is 12.0. The van der Waals surface area contributed by atoms with Gasteiger partial charge in [0.15, 0.2) is 5.69 Å². The Kier molecular flexibility index (Phi) is 3.70. The van der Waals surface area contributed by atoms with Crippen molar-refractivity contribution in [3.05, 3.63) is 11.9 Å². The Labute approximate surface area is 98.8 Å². The second-order valence-corrected chi connectivity index (χ2v) is 4.15. The van der Waals surface area contributed by atoms with Crippen LogP contribution >= 0.6 is 0 Å². The molecule has 1 aliphatic rings. The van der Waals surface area contributed by atoms with Crippen molar-refractivity contribution in [2.24, 2.45) is 0 Å². The van der Waals surface area contributed by atoms with E-state index < -0.39 is 5.97 Å². The van der Waals surface area contributed by atoms with E-state index in [2.05, 4.69) is 15.6 Å². The molecule has 7 heteroatoms. The molecule has 0 saturated heterocycles. The van der Waals surface area contributed by atoms with Crippen molar-refractivity contribution < 1.29 is 14.6 Å². The van der Waals surface area contributed by atoms with E-state index in [1.54, 1.807) is 7.11 Å². The molecule has 2 rings (SSSR count). The standard InChI is InChI=1S/C10H16N4O3/c1-17-8-4-7(5-8)11-2-3-14-6-9(10(15)16)12-13-14/h6-8,11H,2-5H2,1H3,(H,15,16). The summed E-state index contributed by atoms with van der Waals surface area (Å²) in [5.74, 6) is -1.05. The molecule has 0 aromatic carbocycles. The fourth-order valence-electron chi connectivity index (χ4n) is 1.81. The van der Waals surface area contributed by atoms with Crippen molar-refractivity contribution in [3.63, 3.8) is 0 Å². The molecule has 1 heterocycles. The third-order valence-electron chi connectivity index (χ3n) is 2.96. The van der Waals surface area contributed by atoms with Gasteiger partial charge in [-0.1, -0.05) is 5.21 Å². The van der Waals surface area contributed by atoms with Crippen molar-refractivity contribution in [1.82, 2.24) is 20.3 Å². The van der Waals surface area contributed by atoms with Crippen LogP contribution in [-0.2, 0) is 11.3 Å². The highest BCUT2D eigenvalue weighted by atomic mass is 16.5. The maximum Gasteiger partial charge on any atom is 0.358 e. The third kappa shape index (κ3) is 3.01. The van der Waals surface area contributed by atoms with Gasteiger partial charge in [-0.25, -0.2) is 4.79 Å². The summed E-state index contributed by atoms with van der Waals surface area (Å²) in [7, 11) is 1.73. The topological polar surface area (TPSA) is 89.3 Å². The van der Waals surface area contributed by atoms with Gasteiger partial charge < -0.3 is 15.2 Å². The minimum absolute atomic E-state index is 0.0203. The van der Waals surface area contributed by atoms with Crippen LogP contribution in [0.5, 0.6) is 0 Å². The number of nitrogens with zero attached hydrogens (tertiary/aromatic N) is 3. The molecule has 0 unspecified atom stereocenters. The summed E-state index contributed by atoms with van der Waals surface area (Å²) in [5.41, 5.74) is -0.0203. The lowest BCUT2D eigenvalue weighted by Crippen LogP contribution is -2.45. The van der Waals surface area contributed by atoms with E-state index >= 15 is 0 Å². The van der Waals surface area contributed by atoms with E-state index in [0.717, 1.165) is 19.4 Å². The minimum Gasteiger partial charge on any atom is -0.476 e. The molecule has 0 spiro atoms. The second-order valence-electron chi connectivity index (χ2n) is 4.15. The van der Waals surface area contributed by atoms with E-state index in [-0.39, 0.29) is 5.69 Å². The quantitative estimate of drug-likeness (QED) is 0.712. The second kappa shape index (κ2) is 5.24. The first-order valence-electron chi connectivity index (χ1n) is 5.58. The van der Waals surface area contributed by atoms with Crippen LogP contribution in [0.3, 0.4) is 0 Å². The van der Waals surface area contributed by atoms with Crippen LogP contribution in [0, 0.1) is 0 Å². The highest BCUT2D eigenvalue weighted by Gasteiger charge is 2.28. The SMILES string of the molecule is COC1CC(NCCn2cc(C(=O)O)nn2)C1. The lowest BCUT2D eigenvalue weighted by atomic mass is 9.89. The molecular weight excluding hydrogens is 224 g/mol. The van der Waals surface area contributed by atoms with Crippen molar-refractivity contribution in [3.8, 4) is 0 Å². The largest absolute Gasteiger partial charge is 0.476 e. The lowest BCUT2D eigenvalue weighted by molar-refractivity contribution is 0.0173. The maximum absolute atomic E-state index is 10.6. The average molecular weight is 240 g/mol. The molecule has 0 bridgehead atoms. The van der Waals surface area contributed by atoms with Crippen LogP contribution in [0.15, 0.2) is 6.20 Å². The zero-order chi connectivity index (χ0) is 12.3. The summed E-state index contributed by atoms with van der Waals surface area (Å²) < 4.78 is 6.71. The molecule has 7 nitrogen and oxygen atoms in total. The van der Waals surface area contributed by atoms with E-state index in [9.17, 15) is 4.79 Å². The predicted octanol–water partition coefficient (Wildman–Crippen LogP) is -0.257. The molecule has 1 aliphatic carbocycles. The zero-order valence-corrected chi connectivity index (χ0v) is 9.67. The number of hydrogen-bond donors (Lipinski definition) is 2. The number of methoxy groups -OCH3 is 1. The van der Waals surface area contributed by atoms with Crippen LogP contribution in [0.25, 0.3) is 0 Å². The van der Waals surface area contributed by atoms with Crippen molar-refractivity contribution in [2.75, 3.05) is 13.7 Å². The average Bonchev–Trinajstić information content (AvgIpc) is 2.70. The summed E-state index contributed by atoms with van der Waals surface area (Å²) >= 11 is 0. The van der Waals surface area contributed by atoms with Gasteiger partial charge in [-0.3, -0.25) is 4.68 Å². The van der Waals surface area contributed by atoms with Crippen LogP contribution in [0.1, 0.15) is 23.3 Å². The summed E-state index contributed by atoms with van der Waals surface area (Å²) in [6.45, 7) is 1.37. The van der Waals surface area contributed by atoms with Gasteiger partial charge in [0.1, 0.15) is 0 Å². The molecule has 1 aromatic rings. The Balaban J connectivity index is 1.66. The molecule has 0 atom stereocenters. The molecule has 1 saturated carbocycles. The molecule has 2 N–H and O–H groups in total. The number of nitrogens with one attached hydrogen (secondary N) is 1. The molecular formula is C10H16N4O3. The van der Waals surface area contributed by atoms with Crippen LogP contribution < -0.4 is 5.32 Å². The highest BCUT2D eigenvalue weighted by molar-refractivity contribution is 5.84. The van der Waals surface area contributed by atoms with Crippen LogP contribution in [0.2, 0.25) is 0 Å². The van der Waals surface area contributed by atoms with Gasteiger partial charge in [0.25, 0.3) is 0 Å². The fraction of sp³-hybridized carbons (Fsp3) is 0.700. The Morgan fingerprint density at radius 1 is 1.71 bits per heavy atom. The number of carbonyl (C=O) groups is 1. The number of aromatic carboxylic acids is 1. The fourth-order valence-corrected chi connectivity index (χ4v) is 1.81. The molecule has 17 heavy (non-hydrogen) atoms. The number of hydrogen-bond acceptors (Lipinski definition) is 5. The molecule has 0 amide bonds. The van der Waals surface area contributed by atoms with E-state index in [4.69, 9.17) is 9.84 Å². The number of carboxylic acids is 1. The third-order valence-corrected chi connectivity index (χ3v) is 2.96. The van der Waals surface area contributed by atoms with Gasteiger partial charge in [-0.2, -0.15) is 0 Å². The summed E-state index contributed by atoms with van der Waals surface area (Å²) in [4.78, 5) is 10.6. The first-order chi connectivity index (χ1) is 8.19. The van der Waals surface area contributed by atoms with E-state index in [0.29, 0.717) is 18.7 Å².